The third kappa shape index (κ3) is 13.5. The van der Waals surface area contributed by atoms with Crippen molar-refractivity contribution in [2.75, 3.05) is 13.2 Å². The van der Waals surface area contributed by atoms with Gasteiger partial charge in [0, 0.05) is 13.5 Å². The van der Waals surface area contributed by atoms with Crippen LogP contribution in [0, 0.1) is 5.41 Å². The fraction of sp³-hybridized carbons (Fsp3) is 0.778. The first-order valence-electron chi connectivity index (χ1n) is 4.28. The third-order valence-corrected chi connectivity index (χ3v) is 1.06. The van der Waals surface area contributed by atoms with Gasteiger partial charge in [0.15, 0.2) is 0 Å². The van der Waals surface area contributed by atoms with Gasteiger partial charge in [0.05, 0.1) is 5.41 Å². The number of nitrogens with two attached hydrogens (primary N) is 1. The number of hydrogen-bond donors (Lipinski definition) is 2. The van der Waals surface area contributed by atoms with E-state index in [4.69, 9.17) is 10.8 Å². The van der Waals surface area contributed by atoms with Crippen molar-refractivity contribution in [3.05, 3.63) is 0 Å². The first-order chi connectivity index (χ1) is 6.21. The van der Waals surface area contributed by atoms with Crippen molar-refractivity contribution in [2.24, 2.45) is 11.1 Å². The molecule has 0 bridgehead atoms. The number of esters is 1. The maximum Gasteiger partial charge on any atom is 0.308 e. The Kier molecular flexibility index (Phi) is 8.04. The second-order valence-electron chi connectivity index (χ2n) is 3.68. The zero-order valence-corrected chi connectivity index (χ0v) is 9.16. The molecule has 0 heterocycles. The minimum Gasteiger partial charge on any atom is -0.481 e. The normalized spacial score (nSPS) is 9.79. The summed E-state index contributed by atoms with van der Waals surface area (Å²) >= 11 is 0. The largest absolute Gasteiger partial charge is 0.481 e. The van der Waals surface area contributed by atoms with Gasteiger partial charge in [0.1, 0.15) is 6.61 Å². The molecular formula is C9H19NO4. The molecule has 0 aromatic carbocycles. The van der Waals surface area contributed by atoms with Gasteiger partial charge in [0.2, 0.25) is 0 Å². The number of carboxylic acid groups (broad SMARTS) is 1. The molecule has 0 aliphatic carbocycles. The molecule has 5 heteroatoms. The first-order valence-corrected chi connectivity index (χ1v) is 4.28. The average Bonchev–Trinajstić information content (AvgIpc) is 2.00. The van der Waals surface area contributed by atoms with Gasteiger partial charge in [-0.2, -0.15) is 0 Å². The minimum absolute atomic E-state index is 0.273. The molecule has 14 heavy (non-hydrogen) atoms. The highest BCUT2D eigenvalue weighted by molar-refractivity contribution is 5.72. The number of hydrogen-bond acceptors (Lipinski definition) is 4. The Hall–Kier alpha value is -1.10. The molecule has 5 nitrogen and oxygen atoms in total. The summed E-state index contributed by atoms with van der Waals surface area (Å²) in [5.41, 5.74) is 4.42. The van der Waals surface area contributed by atoms with Crippen molar-refractivity contribution in [2.45, 2.75) is 27.7 Å². The maximum absolute atomic E-state index is 10.0. The lowest BCUT2D eigenvalue weighted by Crippen LogP contribution is -2.18. The standard InChI is InChI=1S/C5H10O2.C4H9NO2/c1-5(2,3)4(6)7;1-4(6)7-3-2-5/h1-3H3,(H,6,7);2-3,5H2,1H3. The molecule has 0 saturated heterocycles. The highest BCUT2D eigenvalue weighted by Gasteiger charge is 2.18. The molecule has 0 saturated carbocycles. The Bertz CT molecular complexity index is 184. The number of aliphatic carboxylic acids is 1. The van der Waals surface area contributed by atoms with Crippen molar-refractivity contribution in [1.29, 1.82) is 0 Å². The van der Waals surface area contributed by atoms with Crippen LogP contribution < -0.4 is 5.73 Å². The molecule has 0 spiro atoms. The van der Waals surface area contributed by atoms with E-state index in [9.17, 15) is 9.59 Å². The summed E-state index contributed by atoms with van der Waals surface area (Å²) in [6.45, 7) is 7.07. The zero-order valence-electron chi connectivity index (χ0n) is 9.16. The Morgan fingerprint density at radius 3 is 1.79 bits per heavy atom. The molecule has 0 aliphatic rings. The van der Waals surface area contributed by atoms with Crippen LogP contribution in [0.5, 0.6) is 0 Å². The number of carbonyl (C=O) groups is 2. The summed E-state index contributed by atoms with van der Waals surface area (Å²) in [5.74, 6) is -1.03. The van der Waals surface area contributed by atoms with Crippen molar-refractivity contribution < 1.29 is 19.4 Å². The molecular weight excluding hydrogens is 186 g/mol. The lowest BCUT2D eigenvalue weighted by molar-refractivity contribution is -0.146. The number of carbonyl (C=O) groups excluding carboxylic acids is 1. The minimum atomic E-state index is -0.757. The van der Waals surface area contributed by atoms with Crippen LogP contribution in [0.2, 0.25) is 0 Å². The molecule has 0 radical (unpaired) electrons. The summed E-state index contributed by atoms with van der Waals surface area (Å²) in [7, 11) is 0. The molecule has 0 aliphatic heterocycles. The second-order valence-corrected chi connectivity index (χ2v) is 3.68. The van der Waals surface area contributed by atoms with Crippen LogP contribution in [0.4, 0.5) is 0 Å². The van der Waals surface area contributed by atoms with Crippen LogP contribution >= 0.6 is 0 Å². The predicted molar refractivity (Wildman–Crippen MR) is 52.8 cm³/mol. The molecule has 0 atom stereocenters. The summed E-state index contributed by atoms with van der Waals surface area (Å²) in [5, 5.41) is 8.25. The second kappa shape index (κ2) is 7.32. The molecule has 3 N–H and O–H groups in total. The van der Waals surface area contributed by atoms with Gasteiger partial charge in [-0.05, 0) is 20.8 Å². The molecule has 0 unspecified atom stereocenters. The van der Waals surface area contributed by atoms with E-state index >= 15 is 0 Å². The van der Waals surface area contributed by atoms with Gasteiger partial charge in [-0.25, -0.2) is 0 Å². The van der Waals surface area contributed by atoms with E-state index in [1.807, 2.05) is 0 Å². The van der Waals surface area contributed by atoms with Crippen molar-refractivity contribution in [1.82, 2.24) is 0 Å². The molecule has 0 amide bonds. The molecule has 0 fully saturated rings. The quantitative estimate of drug-likeness (QED) is 0.645. The Balaban J connectivity index is 0. The predicted octanol–water partition coefficient (Wildman–Crippen LogP) is 0.625. The summed E-state index contributed by atoms with van der Waals surface area (Å²) in [6, 6.07) is 0. The SMILES string of the molecule is CC(=O)OCCN.CC(C)(C)C(=O)O. The lowest BCUT2D eigenvalue weighted by Gasteiger charge is -2.08. The summed E-state index contributed by atoms with van der Waals surface area (Å²) < 4.78 is 4.43. The van der Waals surface area contributed by atoms with Gasteiger partial charge in [-0.1, -0.05) is 0 Å². The Labute approximate surface area is 84.2 Å². The van der Waals surface area contributed by atoms with E-state index in [2.05, 4.69) is 4.74 Å². The van der Waals surface area contributed by atoms with Crippen LogP contribution in [-0.2, 0) is 14.3 Å². The maximum atomic E-state index is 10.0. The van der Waals surface area contributed by atoms with E-state index in [1.165, 1.54) is 6.92 Å². The van der Waals surface area contributed by atoms with Crippen LogP contribution in [0.25, 0.3) is 0 Å². The Morgan fingerprint density at radius 2 is 1.71 bits per heavy atom. The van der Waals surface area contributed by atoms with Crippen LogP contribution in [-0.4, -0.2) is 30.2 Å². The fourth-order valence-electron chi connectivity index (χ4n) is 0.203. The summed E-state index contributed by atoms with van der Waals surface area (Å²) in [4.78, 5) is 19.9. The summed E-state index contributed by atoms with van der Waals surface area (Å²) in [6.07, 6.45) is 0. The molecule has 84 valence electrons. The van der Waals surface area contributed by atoms with Crippen molar-refractivity contribution in [3.63, 3.8) is 0 Å². The van der Waals surface area contributed by atoms with E-state index < -0.39 is 11.4 Å². The zero-order chi connectivity index (χ0) is 11.8. The fourth-order valence-corrected chi connectivity index (χ4v) is 0.203. The third-order valence-electron chi connectivity index (χ3n) is 1.06. The molecule has 0 aromatic rings. The number of carboxylic acids is 1. The Morgan fingerprint density at radius 1 is 1.36 bits per heavy atom. The van der Waals surface area contributed by atoms with Crippen molar-refractivity contribution >= 4 is 11.9 Å². The molecule has 0 aromatic heterocycles. The van der Waals surface area contributed by atoms with E-state index in [1.54, 1.807) is 20.8 Å². The highest BCUT2D eigenvalue weighted by atomic mass is 16.5. The van der Waals surface area contributed by atoms with Gasteiger partial charge >= 0.3 is 11.9 Å². The van der Waals surface area contributed by atoms with Crippen molar-refractivity contribution in [3.8, 4) is 0 Å². The number of ether oxygens (including phenoxy) is 1. The van der Waals surface area contributed by atoms with E-state index in [0.717, 1.165) is 0 Å². The lowest BCUT2D eigenvalue weighted by atomic mass is 9.98. The smallest absolute Gasteiger partial charge is 0.308 e. The van der Waals surface area contributed by atoms with E-state index in [0.29, 0.717) is 13.2 Å². The van der Waals surface area contributed by atoms with Crippen LogP contribution in [0.3, 0.4) is 0 Å². The topological polar surface area (TPSA) is 89.6 Å². The van der Waals surface area contributed by atoms with Crippen LogP contribution in [0.1, 0.15) is 27.7 Å². The van der Waals surface area contributed by atoms with Crippen LogP contribution in [0.15, 0.2) is 0 Å². The van der Waals surface area contributed by atoms with Gasteiger partial charge in [-0.3, -0.25) is 9.59 Å². The average molecular weight is 205 g/mol. The van der Waals surface area contributed by atoms with Gasteiger partial charge < -0.3 is 15.6 Å². The monoisotopic (exact) mass is 205 g/mol. The highest BCUT2D eigenvalue weighted by Crippen LogP contribution is 2.11. The number of rotatable bonds is 2. The van der Waals surface area contributed by atoms with Gasteiger partial charge in [-0.15, -0.1) is 0 Å². The van der Waals surface area contributed by atoms with Gasteiger partial charge in [0.25, 0.3) is 0 Å². The first kappa shape index (κ1) is 15.4. The van der Waals surface area contributed by atoms with E-state index in [-0.39, 0.29) is 5.97 Å². The molecule has 0 rings (SSSR count).